The molecule has 43 heavy (non-hydrogen) atoms. The number of carbonyl (C=O) groups is 6. The lowest BCUT2D eigenvalue weighted by atomic mass is 10.0. The predicted octanol–water partition coefficient (Wildman–Crippen LogP) is 1.43. The molecule has 2 saturated heterocycles. The van der Waals surface area contributed by atoms with Gasteiger partial charge in [-0.1, -0.05) is 36.4 Å². The molecule has 2 unspecified atom stereocenters. The number of rotatable bonds is 11. The van der Waals surface area contributed by atoms with Gasteiger partial charge in [0.05, 0.1) is 36.8 Å². The lowest BCUT2D eigenvalue weighted by molar-refractivity contribution is -0.136. The highest BCUT2D eigenvalue weighted by Crippen LogP contribution is 2.32. The number of anilines is 1. The highest BCUT2D eigenvalue weighted by atomic mass is 16.5. The van der Waals surface area contributed by atoms with Crippen LogP contribution in [0.25, 0.3) is 0 Å². The number of nitrogens with zero attached hydrogens (tertiary/aromatic N) is 2. The van der Waals surface area contributed by atoms with E-state index in [-0.39, 0.29) is 62.2 Å². The first-order valence-electron chi connectivity index (χ1n) is 14.2. The maximum atomic E-state index is 13.2. The van der Waals surface area contributed by atoms with Crippen molar-refractivity contribution in [3.63, 3.8) is 0 Å². The van der Waals surface area contributed by atoms with Crippen LogP contribution in [0.4, 0.5) is 10.5 Å². The zero-order chi connectivity index (χ0) is 30.3. The van der Waals surface area contributed by atoms with Crippen LogP contribution in [0, 0.1) is 0 Å². The molecule has 3 aliphatic heterocycles. The maximum absolute atomic E-state index is 13.2. The quantitative estimate of drug-likeness (QED) is 0.259. The Morgan fingerprint density at radius 1 is 0.953 bits per heavy atom. The Bertz CT molecular complexity index is 1410. The van der Waals surface area contributed by atoms with Crippen LogP contribution in [0.1, 0.15) is 52.0 Å². The van der Waals surface area contributed by atoms with E-state index in [4.69, 9.17) is 9.47 Å². The van der Waals surface area contributed by atoms with Gasteiger partial charge >= 0.3 is 6.09 Å². The molecule has 3 N–H and O–H groups in total. The Labute approximate surface area is 247 Å². The normalized spacial score (nSPS) is 19.7. The van der Waals surface area contributed by atoms with E-state index in [1.165, 1.54) is 6.07 Å². The number of hydrogen-bond donors (Lipinski definition) is 3. The van der Waals surface area contributed by atoms with E-state index in [9.17, 15) is 28.8 Å². The minimum Gasteiger partial charge on any atom is -0.445 e. The van der Waals surface area contributed by atoms with Crippen LogP contribution in [0.3, 0.4) is 0 Å². The number of imide groups is 2. The molecule has 0 aromatic heterocycles. The molecular weight excluding hydrogens is 558 g/mol. The number of alkyl carbamates (subject to hydrolysis) is 1. The molecule has 0 bridgehead atoms. The first-order valence-corrected chi connectivity index (χ1v) is 14.2. The Balaban J connectivity index is 1.01. The number of benzene rings is 2. The second-order valence-corrected chi connectivity index (χ2v) is 10.5. The van der Waals surface area contributed by atoms with Gasteiger partial charge in [-0.25, -0.2) is 4.79 Å². The van der Waals surface area contributed by atoms with Crippen molar-refractivity contribution in [1.29, 1.82) is 0 Å². The van der Waals surface area contributed by atoms with Gasteiger partial charge in [-0.05, 0) is 30.5 Å². The zero-order valence-electron chi connectivity index (χ0n) is 23.5. The van der Waals surface area contributed by atoms with E-state index in [0.717, 1.165) is 10.5 Å². The molecule has 226 valence electrons. The molecule has 2 aromatic carbocycles. The molecule has 2 aromatic rings. The molecular formula is C30H33N5O8. The van der Waals surface area contributed by atoms with Crippen molar-refractivity contribution in [2.45, 2.75) is 44.4 Å². The van der Waals surface area contributed by atoms with Crippen molar-refractivity contribution >= 4 is 41.3 Å². The molecule has 0 radical (unpaired) electrons. The molecule has 0 aliphatic carbocycles. The van der Waals surface area contributed by atoms with Crippen LogP contribution in [-0.4, -0.2) is 90.4 Å². The molecule has 3 aliphatic rings. The summed E-state index contributed by atoms with van der Waals surface area (Å²) in [5.74, 6) is -2.33. The number of hydrogen-bond acceptors (Lipinski definition) is 9. The summed E-state index contributed by atoms with van der Waals surface area (Å²) in [6, 6.07) is 13.0. The smallest absolute Gasteiger partial charge is 0.407 e. The minimum absolute atomic E-state index is 0.0494. The predicted molar refractivity (Wildman–Crippen MR) is 152 cm³/mol. The molecule has 0 spiro atoms. The van der Waals surface area contributed by atoms with Gasteiger partial charge in [0.2, 0.25) is 17.7 Å². The van der Waals surface area contributed by atoms with Gasteiger partial charge in [0.1, 0.15) is 12.6 Å². The lowest BCUT2D eigenvalue weighted by Gasteiger charge is -2.27. The maximum Gasteiger partial charge on any atom is 0.407 e. The molecule has 2 atom stereocenters. The van der Waals surface area contributed by atoms with Crippen LogP contribution < -0.4 is 16.0 Å². The third-order valence-electron chi connectivity index (χ3n) is 7.57. The summed E-state index contributed by atoms with van der Waals surface area (Å²) in [6.45, 7) is 1.87. The molecule has 13 nitrogen and oxygen atoms in total. The lowest BCUT2D eigenvalue weighted by Crippen LogP contribution is -2.54. The van der Waals surface area contributed by atoms with Gasteiger partial charge in [-0.15, -0.1) is 0 Å². The van der Waals surface area contributed by atoms with E-state index < -0.39 is 35.8 Å². The average molecular weight is 592 g/mol. The minimum atomic E-state index is -1.03. The van der Waals surface area contributed by atoms with E-state index in [0.29, 0.717) is 31.7 Å². The Kier molecular flexibility index (Phi) is 9.30. The first-order chi connectivity index (χ1) is 20.8. The number of likely N-dealkylation sites (tertiary alicyclic amines) is 1. The Morgan fingerprint density at radius 2 is 1.77 bits per heavy atom. The van der Waals surface area contributed by atoms with Gasteiger partial charge in [0.15, 0.2) is 0 Å². The van der Waals surface area contributed by atoms with E-state index in [2.05, 4.69) is 16.0 Å². The van der Waals surface area contributed by atoms with Crippen molar-refractivity contribution in [3.05, 3.63) is 65.2 Å². The molecule has 3 heterocycles. The summed E-state index contributed by atoms with van der Waals surface area (Å²) in [7, 11) is 0. The van der Waals surface area contributed by atoms with Gasteiger partial charge in [0, 0.05) is 31.7 Å². The zero-order valence-corrected chi connectivity index (χ0v) is 23.5. The van der Waals surface area contributed by atoms with Crippen LogP contribution in [-0.2, 0) is 30.5 Å². The number of amides is 6. The van der Waals surface area contributed by atoms with E-state index in [1.807, 2.05) is 30.3 Å². The molecule has 0 saturated carbocycles. The highest BCUT2D eigenvalue weighted by molar-refractivity contribution is 6.25. The van der Waals surface area contributed by atoms with E-state index >= 15 is 0 Å². The molecule has 5 rings (SSSR count). The third kappa shape index (κ3) is 7.00. The second kappa shape index (κ2) is 13.5. The highest BCUT2D eigenvalue weighted by Gasteiger charge is 2.45. The summed E-state index contributed by atoms with van der Waals surface area (Å²) >= 11 is 0. The van der Waals surface area contributed by atoms with Crippen molar-refractivity contribution in [1.82, 2.24) is 20.4 Å². The van der Waals surface area contributed by atoms with Crippen LogP contribution in [0.5, 0.6) is 0 Å². The van der Waals surface area contributed by atoms with Crippen LogP contribution in [0.2, 0.25) is 0 Å². The largest absolute Gasteiger partial charge is 0.445 e. The van der Waals surface area contributed by atoms with Gasteiger partial charge < -0.3 is 25.0 Å². The fraction of sp³-hybridized carbons (Fsp3) is 0.400. The second-order valence-electron chi connectivity index (χ2n) is 10.5. The molecule has 13 heteroatoms. The van der Waals surface area contributed by atoms with Gasteiger partial charge in [0.25, 0.3) is 11.8 Å². The SMILES string of the molecule is O=C1CCC(N2C(=O)c3cccc(NCCOCCC(=O)N4CCC(NC(=O)OCc5ccccc5)C4)c3C2=O)C(=O)N1. The fourth-order valence-corrected chi connectivity index (χ4v) is 5.38. The van der Waals surface area contributed by atoms with Crippen molar-refractivity contribution in [3.8, 4) is 0 Å². The number of piperidine rings is 1. The van der Waals surface area contributed by atoms with Gasteiger partial charge in [-0.3, -0.25) is 34.2 Å². The van der Waals surface area contributed by atoms with Crippen molar-refractivity contribution in [2.24, 2.45) is 0 Å². The summed E-state index contributed by atoms with van der Waals surface area (Å²) in [4.78, 5) is 77.2. The van der Waals surface area contributed by atoms with Crippen molar-refractivity contribution in [2.75, 3.05) is 38.2 Å². The molecule has 2 fully saturated rings. The number of carbonyl (C=O) groups excluding carboxylic acids is 6. The summed E-state index contributed by atoms with van der Waals surface area (Å²) in [5.41, 5.74) is 1.69. The monoisotopic (exact) mass is 591 g/mol. The third-order valence-corrected chi connectivity index (χ3v) is 7.57. The standard InChI is InChI=1S/C30H33N5O8/c36-24-10-9-23(27(38)33-24)35-28(39)21-7-4-8-22(26(21)29(35)40)31-13-16-42-15-12-25(37)34-14-11-20(17-34)32-30(41)43-18-19-5-2-1-3-6-19/h1-8,20,23,31H,9-18H2,(H,32,41)(H,33,36,38). The summed E-state index contributed by atoms with van der Waals surface area (Å²) in [5, 5.41) is 8.09. The topological polar surface area (TPSA) is 163 Å². The van der Waals surface area contributed by atoms with Crippen molar-refractivity contribution < 1.29 is 38.2 Å². The number of nitrogens with one attached hydrogen (secondary N) is 3. The summed E-state index contributed by atoms with van der Waals surface area (Å²) in [6.07, 6.45) is 0.438. The number of fused-ring (bicyclic) bond motifs is 1. The fourth-order valence-electron chi connectivity index (χ4n) is 5.38. The average Bonchev–Trinajstić information content (AvgIpc) is 3.57. The van der Waals surface area contributed by atoms with E-state index in [1.54, 1.807) is 17.0 Å². The Morgan fingerprint density at radius 3 is 2.56 bits per heavy atom. The number of ether oxygens (including phenoxy) is 2. The van der Waals surface area contributed by atoms with Gasteiger partial charge in [-0.2, -0.15) is 0 Å². The Hall–Kier alpha value is -4.78. The van der Waals surface area contributed by atoms with Crippen LogP contribution in [0.15, 0.2) is 48.5 Å². The van der Waals surface area contributed by atoms with Crippen LogP contribution >= 0.6 is 0 Å². The molecule has 6 amide bonds. The summed E-state index contributed by atoms with van der Waals surface area (Å²) < 4.78 is 10.9. The first kappa shape index (κ1) is 29.7.